The Kier molecular flexibility index (Phi) is 7.93. The van der Waals surface area contributed by atoms with E-state index >= 15 is 0 Å². The van der Waals surface area contributed by atoms with E-state index in [2.05, 4.69) is 126 Å². The lowest BCUT2D eigenvalue weighted by molar-refractivity contribution is 0.669. The Balaban J connectivity index is 0.999. The molecule has 3 aromatic heterocycles. The number of benzene rings is 8. The fourth-order valence-electron chi connectivity index (χ4n) is 7.85. The van der Waals surface area contributed by atoms with Crippen LogP contribution in [0.1, 0.15) is 0 Å². The molecule has 57 heavy (non-hydrogen) atoms. The van der Waals surface area contributed by atoms with Crippen LogP contribution in [0.5, 0.6) is 0 Å². The van der Waals surface area contributed by atoms with Crippen LogP contribution < -0.4 is 4.90 Å². The van der Waals surface area contributed by atoms with Gasteiger partial charge in [0.25, 0.3) is 0 Å². The molecule has 268 valence electrons. The van der Waals surface area contributed by atoms with Gasteiger partial charge >= 0.3 is 0 Å². The number of hydrogen-bond acceptors (Lipinski definition) is 6. The van der Waals surface area contributed by atoms with Gasteiger partial charge in [-0.3, -0.25) is 0 Å². The molecule has 11 rings (SSSR count). The molecule has 3 heterocycles. The van der Waals surface area contributed by atoms with Gasteiger partial charge in [0.15, 0.2) is 17.5 Å². The van der Waals surface area contributed by atoms with E-state index in [1.807, 2.05) is 84.1 Å². The van der Waals surface area contributed by atoms with Crippen LogP contribution in [0.4, 0.5) is 17.1 Å². The van der Waals surface area contributed by atoms with E-state index in [0.29, 0.717) is 17.5 Å². The Morgan fingerprint density at radius 1 is 0.404 bits per heavy atom. The van der Waals surface area contributed by atoms with Gasteiger partial charge in [-0.15, -0.1) is 11.3 Å². The van der Waals surface area contributed by atoms with E-state index in [0.717, 1.165) is 66.8 Å². The van der Waals surface area contributed by atoms with Gasteiger partial charge in [0.1, 0.15) is 11.2 Å². The number of aromatic nitrogens is 3. The minimum Gasteiger partial charge on any atom is -0.456 e. The van der Waals surface area contributed by atoms with Crippen molar-refractivity contribution >= 4 is 70.5 Å². The zero-order valence-corrected chi connectivity index (χ0v) is 31.4. The van der Waals surface area contributed by atoms with E-state index in [1.54, 1.807) is 0 Å². The molecule has 5 nitrogen and oxygen atoms in total. The highest BCUT2D eigenvalue weighted by atomic mass is 32.1. The van der Waals surface area contributed by atoms with E-state index in [-0.39, 0.29) is 0 Å². The topological polar surface area (TPSA) is 55.1 Å². The highest BCUT2D eigenvalue weighted by Gasteiger charge is 2.20. The maximum atomic E-state index is 6.57. The van der Waals surface area contributed by atoms with Gasteiger partial charge in [-0.2, -0.15) is 0 Å². The number of anilines is 3. The molecule has 0 fully saturated rings. The highest BCUT2D eigenvalue weighted by molar-refractivity contribution is 7.26. The molecule has 0 aliphatic heterocycles. The fourth-order valence-corrected chi connectivity index (χ4v) is 9.05. The maximum absolute atomic E-state index is 6.57. The third kappa shape index (κ3) is 5.82. The normalized spacial score (nSPS) is 11.5. The first kappa shape index (κ1) is 33.0. The summed E-state index contributed by atoms with van der Waals surface area (Å²) in [5.41, 5.74) is 9.92. The van der Waals surface area contributed by atoms with Crippen LogP contribution in [-0.2, 0) is 0 Å². The van der Waals surface area contributed by atoms with Crippen molar-refractivity contribution in [3.8, 4) is 45.3 Å². The molecule has 11 aromatic rings. The Morgan fingerprint density at radius 2 is 0.982 bits per heavy atom. The van der Waals surface area contributed by atoms with Crippen LogP contribution in [-0.4, -0.2) is 15.0 Å². The lowest BCUT2D eigenvalue weighted by atomic mass is 9.98. The number of thiophene rings is 1. The molecule has 0 N–H and O–H groups in total. The molecule has 0 saturated heterocycles. The summed E-state index contributed by atoms with van der Waals surface area (Å²) in [5, 5.41) is 4.68. The molecule has 0 amide bonds. The number of hydrogen-bond donors (Lipinski definition) is 0. The average Bonchev–Trinajstić information content (AvgIpc) is 3.86. The summed E-state index contributed by atoms with van der Waals surface area (Å²) in [7, 11) is 0. The second-order valence-corrected chi connectivity index (χ2v) is 15.1. The fraction of sp³-hybridized carbons (Fsp3) is 0. The lowest BCUT2D eigenvalue weighted by Gasteiger charge is -2.26. The number of nitrogens with zero attached hydrogens (tertiary/aromatic N) is 4. The average molecular weight is 749 g/mol. The van der Waals surface area contributed by atoms with Crippen LogP contribution >= 0.6 is 11.3 Å². The Hall–Kier alpha value is -7.41. The first-order chi connectivity index (χ1) is 28.2. The van der Waals surface area contributed by atoms with Crippen LogP contribution in [0, 0.1) is 0 Å². The van der Waals surface area contributed by atoms with Crippen molar-refractivity contribution in [2.24, 2.45) is 0 Å². The van der Waals surface area contributed by atoms with E-state index in [4.69, 9.17) is 19.4 Å². The summed E-state index contributed by atoms with van der Waals surface area (Å²) in [4.78, 5) is 17.1. The first-order valence-electron chi connectivity index (χ1n) is 18.9. The van der Waals surface area contributed by atoms with Gasteiger partial charge in [-0.05, 0) is 65.7 Å². The van der Waals surface area contributed by atoms with Crippen molar-refractivity contribution in [3.63, 3.8) is 0 Å². The third-order valence-corrected chi connectivity index (χ3v) is 11.7. The second-order valence-electron chi connectivity index (χ2n) is 14.0. The molecule has 0 aliphatic rings. The maximum Gasteiger partial charge on any atom is 0.164 e. The minimum atomic E-state index is 0.593. The van der Waals surface area contributed by atoms with Crippen LogP contribution in [0.3, 0.4) is 0 Å². The van der Waals surface area contributed by atoms with Gasteiger partial charge in [-0.25, -0.2) is 15.0 Å². The molecule has 0 aliphatic carbocycles. The van der Waals surface area contributed by atoms with Gasteiger partial charge in [0.2, 0.25) is 0 Å². The van der Waals surface area contributed by atoms with Crippen molar-refractivity contribution < 1.29 is 4.42 Å². The Bertz CT molecular complexity index is 3170. The van der Waals surface area contributed by atoms with E-state index < -0.39 is 0 Å². The van der Waals surface area contributed by atoms with Crippen molar-refractivity contribution in [1.29, 1.82) is 0 Å². The summed E-state index contributed by atoms with van der Waals surface area (Å²) in [6.45, 7) is 0. The molecular weight excluding hydrogens is 717 g/mol. The van der Waals surface area contributed by atoms with Gasteiger partial charge in [-0.1, -0.05) is 140 Å². The van der Waals surface area contributed by atoms with Crippen molar-refractivity contribution in [3.05, 3.63) is 194 Å². The Labute approximate surface area is 332 Å². The zero-order chi connectivity index (χ0) is 37.7. The molecule has 0 saturated carbocycles. The molecule has 0 radical (unpaired) electrons. The van der Waals surface area contributed by atoms with Gasteiger partial charge < -0.3 is 9.32 Å². The van der Waals surface area contributed by atoms with Crippen LogP contribution in [0.15, 0.2) is 199 Å². The van der Waals surface area contributed by atoms with E-state index in [1.165, 1.54) is 20.2 Å². The minimum absolute atomic E-state index is 0.593. The number of para-hydroxylation sites is 1. The summed E-state index contributed by atoms with van der Waals surface area (Å²) >= 11 is 1.85. The van der Waals surface area contributed by atoms with Gasteiger partial charge in [0.05, 0.1) is 10.4 Å². The quantitative estimate of drug-likeness (QED) is 0.162. The second kappa shape index (κ2) is 13.7. The van der Waals surface area contributed by atoms with Crippen molar-refractivity contribution in [1.82, 2.24) is 15.0 Å². The smallest absolute Gasteiger partial charge is 0.164 e. The highest BCUT2D eigenvalue weighted by Crippen LogP contribution is 2.45. The van der Waals surface area contributed by atoms with Crippen molar-refractivity contribution in [2.45, 2.75) is 0 Å². The molecule has 0 bridgehead atoms. The predicted octanol–water partition coefficient (Wildman–Crippen LogP) is 14.3. The molecular formula is C51H32N4OS. The van der Waals surface area contributed by atoms with Crippen LogP contribution in [0.25, 0.3) is 87.4 Å². The molecule has 6 heteroatoms. The number of fused-ring (bicyclic) bond motifs is 6. The standard InChI is InChI=1S/C51H32N4OS/c1-4-14-34(15-5-1)49-52-50(35-16-6-2-7-17-35)54-51(53-49)36-28-31-42-45(32-36)56-44-24-13-21-39(47(42)44)33-26-29-38(30-27-33)55(37-18-8-3-9-19-37)43-23-12-22-41-40-20-10-11-25-46(40)57-48(41)43/h1-32H. The SMILES string of the molecule is c1ccc(-c2nc(-c3ccccc3)nc(-c3ccc4c(c3)oc3cccc(-c5ccc(N(c6ccccc6)c6cccc7c6sc6ccccc67)cc5)c34)n2)cc1. The third-order valence-electron chi connectivity index (χ3n) is 10.5. The number of furan rings is 1. The summed E-state index contributed by atoms with van der Waals surface area (Å²) < 4.78 is 9.13. The monoisotopic (exact) mass is 748 g/mol. The summed E-state index contributed by atoms with van der Waals surface area (Å²) in [6, 6.07) is 67.4. The van der Waals surface area contributed by atoms with Crippen molar-refractivity contribution in [2.75, 3.05) is 4.90 Å². The van der Waals surface area contributed by atoms with Crippen LogP contribution in [0.2, 0.25) is 0 Å². The molecule has 8 aromatic carbocycles. The largest absolute Gasteiger partial charge is 0.456 e. The molecule has 0 spiro atoms. The van der Waals surface area contributed by atoms with Gasteiger partial charge in [0, 0.05) is 54.3 Å². The molecule has 0 unspecified atom stereocenters. The lowest BCUT2D eigenvalue weighted by Crippen LogP contribution is -2.09. The number of rotatable bonds is 7. The first-order valence-corrected chi connectivity index (χ1v) is 19.8. The Morgan fingerprint density at radius 3 is 1.70 bits per heavy atom. The molecule has 0 atom stereocenters. The van der Waals surface area contributed by atoms with E-state index in [9.17, 15) is 0 Å². The predicted molar refractivity (Wildman–Crippen MR) is 236 cm³/mol. The zero-order valence-electron chi connectivity index (χ0n) is 30.6. The summed E-state index contributed by atoms with van der Waals surface area (Å²) in [5.74, 6) is 1.85. The summed E-state index contributed by atoms with van der Waals surface area (Å²) in [6.07, 6.45) is 0.